The average Bonchev–Trinajstić information content (AvgIpc) is 3.01. The van der Waals surface area contributed by atoms with Crippen LogP contribution in [0.2, 0.25) is 0 Å². The maximum absolute atomic E-state index is 4.07. The second-order valence-electron chi connectivity index (χ2n) is 3.64. The fraction of sp³-hybridized carbons (Fsp3) is 0.0909. The zero-order valence-electron chi connectivity index (χ0n) is 9.01. The normalized spacial score (nSPS) is 10.6. The first kappa shape index (κ1) is 9.71. The van der Waals surface area contributed by atoms with Gasteiger partial charge >= 0.3 is 0 Å². The van der Waals surface area contributed by atoms with Crippen LogP contribution in [0.1, 0.15) is 5.56 Å². The molecule has 6 nitrogen and oxygen atoms in total. The molecule has 0 aliphatic rings. The molecule has 2 aromatic heterocycles. The van der Waals surface area contributed by atoms with Gasteiger partial charge in [0, 0.05) is 6.54 Å². The van der Waals surface area contributed by atoms with Gasteiger partial charge in [-0.05, 0) is 17.7 Å². The first-order valence-corrected chi connectivity index (χ1v) is 5.18. The Morgan fingerprint density at radius 2 is 1.71 bits per heavy atom. The number of hydrogen-bond donors (Lipinski definition) is 0. The van der Waals surface area contributed by atoms with Crippen LogP contribution >= 0.6 is 0 Å². The lowest BCUT2D eigenvalue weighted by atomic mass is 10.2. The van der Waals surface area contributed by atoms with Gasteiger partial charge in [0.1, 0.15) is 25.3 Å². The van der Waals surface area contributed by atoms with Crippen LogP contribution in [-0.4, -0.2) is 29.5 Å². The second-order valence-corrected chi connectivity index (χ2v) is 3.64. The van der Waals surface area contributed by atoms with E-state index in [0.29, 0.717) is 0 Å². The van der Waals surface area contributed by atoms with E-state index < -0.39 is 0 Å². The molecule has 0 aliphatic heterocycles. The Balaban J connectivity index is 1.81. The molecule has 3 rings (SSSR count). The van der Waals surface area contributed by atoms with Crippen molar-refractivity contribution in [3.05, 3.63) is 55.1 Å². The molecule has 0 amide bonds. The summed E-state index contributed by atoms with van der Waals surface area (Å²) in [6.07, 6.45) is 6.59. The van der Waals surface area contributed by atoms with E-state index in [1.807, 2.05) is 16.7 Å². The molecule has 0 N–H and O–H groups in total. The van der Waals surface area contributed by atoms with E-state index in [9.17, 15) is 0 Å². The molecule has 84 valence electrons. The fourth-order valence-corrected chi connectivity index (χ4v) is 1.61. The fourth-order valence-electron chi connectivity index (χ4n) is 1.61. The molecule has 2 heterocycles. The van der Waals surface area contributed by atoms with Crippen LogP contribution in [-0.2, 0) is 6.54 Å². The highest BCUT2D eigenvalue weighted by molar-refractivity contribution is 5.33. The van der Waals surface area contributed by atoms with Crippen molar-refractivity contribution in [2.45, 2.75) is 6.54 Å². The van der Waals surface area contributed by atoms with Crippen LogP contribution in [0.15, 0.2) is 49.6 Å². The Bertz CT molecular complexity index is 567. The minimum absolute atomic E-state index is 0.768. The molecule has 6 heteroatoms. The topological polar surface area (TPSA) is 61.4 Å². The van der Waals surface area contributed by atoms with E-state index in [1.165, 1.54) is 11.9 Å². The lowest BCUT2D eigenvalue weighted by Gasteiger charge is -2.04. The molecular weight excluding hydrogens is 216 g/mol. The third kappa shape index (κ3) is 2.05. The molecule has 0 saturated carbocycles. The molecule has 0 radical (unpaired) electrons. The molecule has 0 atom stereocenters. The van der Waals surface area contributed by atoms with Gasteiger partial charge in [0.2, 0.25) is 0 Å². The van der Waals surface area contributed by atoms with E-state index >= 15 is 0 Å². The Hall–Kier alpha value is -2.50. The monoisotopic (exact) mass is 226 g/mol. The summed E-state index contributed by atoms with van der Waals surface area (Å²) in [5.74, 6) is 0. The van der Waals surface area contributed by atoms with Gasteiger partial charge in [-0.25, -0.2) is 9.67 Å². The largest absolute Gasteiger partial charge is 0.316 e. The van der Waals surface area contributed by atoms with Crippen molar-refractivity contribution >= 4 is 0 Å². The lowest BCUT2D eigenvalue weighted by molar-refractivity contribution is 0.792. The molecule has 0 bridgehead atoms. The second kappa shape index (κ2) is 4.17. The quantitative estimate of drug-likeness (QED) is 0.666. The SMILES string of the molecule is c1ncn(-c2ccc(Cn3cnnc3)cc2)n1. The van der Waals surface area contributed by atoms with E-state index in [0.717, 1.165) is 12.2 Å². The maximum Gasteiger partial charge on any atom is 0.138 e. The predicted octanol–water partition coefficient (Wildman–Crippen LogP) is 0.907. The zero-order valence-corrected chi connectivity index (χ0v) is 9.01. The smallest absolute Gasteiger partial charge is 0.138 e. The van der Waals surface area contributed by atoms with Crippen molar-refractivity contribution in [2.75, 3.05) is 0 Å². The Labute approximate surface area is 97.6 Å². The molecule has 17 heavy (non-hydrogen) atoms. The minimum atomic E-state index is 0.768. The van der Waals surface area contributed by atoms with Gasteiger partial charge in [-0.2, -0.15) is 5.10 Å². The van der Waals surface area contributed by atoms with Crippen molar-refractivity contribution in [1.82, 2.24) is 29.5 Å². The predicted molar refractivity (Wildman–Crippen MR) is 60.5 cm³/mol. The molecule has 0 aliphatic carbocycles. The maximum atomic E-state index is 4.07. The van der Waals surface area contributed by atoms with Gasteiger partial charge in [0.25, 0.3) is 0 Å². The highest BCUT2D eigenvalue weighted by Crippen LogP contribution is 2.08. The third-order valence-electron chi connectivity index (χ3n) is 2.45. The standard InChI is InChI=1S/C11H10N6/c1-3-11(17-7-12-6-15-17)4-2-10(1)5-16-8-13-14-9-16/h1-4,6-9H,5H2. The van der Waals surface area contributed by atoms with Crippen LogP contribution in [0, 0.1) is 0 Å². The summed E-state index contributed by atoms with van der Waals surface area (Å²) in [6.45, 7) is 0.768. The summed E-state index contributed by atoms with van der Waals surface area (Å²) in [7, 11) is 0. The van der Waals surface area contributed by atoms with Crippen molar-refractivity contribution in [3.63, 3.8) is 0 Å². The minimum Gasteiger partial charge on any atom is -0.316 e. The molecule has 0 unspecified atom stereocenters. The summed E-state index contributed by atoms with van der Waals surface area (Å²) >= 11 is 0. The van der Waals surface area contributed by atoms with E-state index in [4.69, 9.17) is 0 Å². The van der Waals surface area contributed by atoms with Crippen LogP contribution < -0.4 is 0 Å². The van der Waals surface area contributed by atoms with E-state index in [2.05, 4.69) is 32.4 Å². The summed E-state index contributed by atoms with van der Waals surface area (Å²) in [6, 6.07) is 8.12. The highest BCUT2D eigenvalue weighted by atomic mass is 15.3. The van der Waals surface area contributed by atoms with Crippen molar-refractivity contribution in [3.8, 4) is 5.69 Å². The molecule has 3 aromatic rings. The summed E-state index contributed by atoms with van der Waals surface area (Å²) < 4.78 is 3.65. The molecule has 1 aromatic carbocycles. The average molecular weight is 226 g/mol. The van der Waals surface area contributed by atoms with E-state index in [1.54, 1.807) is 23.7 Å². The Morgan fingerprint density at radius 3 is 2.35 bits per heavy atom. The van der Waals surface area contributed by atoms with E-state index in [-0.39, 0.29) is 0 Å². The van der Waals surface area contributed by atoms with Gasteiger partial charge in [-0.3, -0.25) is 0 Å². The Morgan fingerprint density at radius 1 is 0.941 bits per heavy atom. The number of aromatic nitrogens is 6. The van der Waals surface area contributed by atoms with Crippen LogP contribution in [0.3, 0.4) is 0 Å². The van der Waals surface area contributed by atoms with Crippen LogP contribution in [0.4, 0.5) is 0 Å². The molecule has 0 spiro atoms. The summed E-state index contributed by atoms with van der Waals surface area (Å²) in [5, 5.41) is 11.6. The number of nitrogens with zero attached hydrogens (tertiary/aromatic N) is 6. The van der Waals surface area contributed by atoms with Crippen molar-refractivity contribution in [1.29, 1.82) is 0 Å². The number of rotatable bonds is 3. The number of hydrogen-bond acceptors (Lipinski definition) is 4. The van der Waals surface area contributed by atoms with Gasteiger partial charge in [0.05, 0.1) is 5.69 Å². The van der Waals surface area contributed by atoms with Crippen molar-refractivity contribution in [2.24, 2.45) is 0 Å². The highest BCUT2D eigenvalue weighted by Gasteiger charge is 1.98. The first-order valence-electron chi connectivity index (χ1n) is 5.18. The summed E-state index contributed by atoms with van der Waals surface area (Å²) in [4.78, 5) is 3.91. The molecule has 0 fully saturated rings. The van der Waals surface area contributed by atoms with Gasteiger partial charge in [-0.15, -0.1) is 10.2 Å². The number of benzene rings is 1. The zero-order chi connectivity index (χ0) is 11.5. The van der Waals surface area contributed by atoms with Gasteiger partial charge < -0.3 is 4.57 Å². The lowest BCUT2D eigenvalue weighted by Crippen LogP contribution is -1.98. The van der Waals surface area contributed by atoms with Crippen LogP contribution in [0.5, 0.6) is 0 Å². The third-order valence-corrected chi connectivity index (χ3v) is 2.45. The van der Waals surface area contributed by atoms with Crippen LogP contribution in [0.25, 0.3) is 5.69 Å². The van der Waals surface area contributed by atoms with Crippen molar-refractivity contribution < 1.29 is 0 Å². The Kier molecular flexibility index (Phi) is 2.38. The first-order chi connectivity index (χ1) is 8.42. The van der Waals surface area contributed by atoms with Gasteiger partial charge in [-0.1, -0.05) is 12.1 Å². The van der Waals surface area contributed by atoms with Gasteiger partial charge in [0.15, 0.2) is 0 Å². The molecule has 0 saturated heterocycles. The summed E-state index contributed by atoms with van der Waals surface area (Å²) in [5.41, 5.74) is 2.18. The molecular formula is C11H10N6.